The number of para-hydroxylation sites is 1. The summed E-state index contributed by atoms with van der Waals surface area (Å²) in [6.45, 7) is 0.106. The van der Waals surface area contributed by atoms with Gasteiger partial charge in [0.1, 0.15) is 11.5 Å². The Balaban J connectivity index is 2.70. The van der Waals surface area contributed by atoms with Crippen LogP contribution < -0.4 is 5.32 Å². The van der Waals surface area contributed by atoms with Gasteiger partial charge < -0.3 is 15.2 Å². The molecule has 7 nitrogen and oxygen atoms in total. The summed E-state index contributed by atoms with van der Waals surface area (Å²) in [6.07, 6.45) is 0. The summed E-state index contributed by atoms with van der Waals surface area (Å²) in [7, 11) is -0.607. The first kappa shape index (κ1) is 16.4. The van der Waals surface area contributed by atoms with E-state index in [1.165, 1.54) is 20.2 Å². The van der Waals surface area contributed by atoms with E-state index >= 15 is 0 Å². The molecule has 2 N–H and O–H groups in total. The second-order valence-electron chi connectivity index (χ2n) is 4.16. The van der Waals surface area contributed by atoms with Crippen LogP contribution in [0.15, 0.2) is 29.2 Å². The number of hydrogen-bond acceptors (Lipinski definition) is 5. The van der Waals surface area contributed by atoms with Crippen molar-refractivity contribution in [1.29, 1.82) is 0 Å². The van der Waals surface area contributed by atoms with E-state index in [1.807, 2.05) is 0 Å². The highest BCUT2D eigenvalue weighted by atomic mass is 32.2. The largest absolute Gasteiger partial charge is 0.480 e. The topological polar surface area (TPSA) is 95.9 Å². The number of hydrogen-bond donors (Lipinski definition) is 2. The monoisotopic (exact) mass is 302 g/mol. The average molecular weight is 302 g/mol. The minimum Gasteiger partial charge on any atom is -0.480 e. The Kier molecular flexibility index (Phi) is 5.93. The molecule has 0 atom stereocenters. The summed E-state index contributed by atoms with van der Waals surface area (Å²) < 4.78 is 30.2. The van der Waals surface area contributed by atoms with Crippen LogP contribution in [0, 0.1) is 0 Å². The number of aliphatic carboxylic acids is 1. The second-order valence-corrected chi connectivity index (χ2v) is 6.28. The number of benzene rings is 1. The molecule has 0 bridgehead atoms. The van der Waals surface area contributed by atoms with Crippen LogP contribution in [-0.4, -0.2) is 57.7 Å². The maximum atomic E-state index is 12.1. The zero-order valence-electron chi connectivity index (χ0n) is 11.4. The van der Waals surface area contributed by atoms with E-state index < -0.39 is 16.0 Å². The molecule has 0 saturated carbocycles. The lowest BCUT2D eigenvalue weighted by molar-refractivity contribution is -0.142. The SMILES string of the molecule is CN(C)S(=O)(=O)c1ccccc1NCCOCC(=O)O. The van der Waals surface area contributed by atoms with E-state index in [9.17, 15) is 13.2 Å². The Hall–Kier alpha value is -1.64. The van der Waals surface area contributed by atoms with Gasteiger partial charge >= 0.3 is 5.97 Å². The smallest absolute Gasteiger partial charge is 0.329 e. The summed E-state index contributed by atoms with van der Waals surface area (Å²) in [4.78, 5) is 10.4. The van der Waals surface area contributed by atoms with Gasteiger partial charge in [0.25, 0.3) is 0 Å². The van der Waals surface area contributed by atoms with Crippen molar-refractivity contribution in [2.24, 2.45) is 0 Å². The highest BCUT2D eigenvalue weighted by Crippen LogP contribution is 2.22. The van der Waals surface area contributed by atoms with Crippen LogP contribution in [0.2, 0.25) is 0 Å². The van der Waals surface area contributed by atoms with Gasteiger partial charge in [-0.1, -0.05) is 12.1 Å². The summed E-state index contributed by atoms with van der Waals surface area (Å²) in [5.74, 6) is -1.04. The average Bonchev–Trinajstić information content (AvgIpc) is 2.38. The normalized spacial score (nSPS) is 11.6. The number of nitrogens with zero attached hydrogens (tertiary/aromatic N) is 1. The maximum Gasteiger partial charge on any atom is 0.329 e. The highest BCUT2D eigenvalue weighted by Gasteiger charge is 2.20. The van der Waals surface area contributed by atoms with Gasteiger partial charge in [0.15, 0.2) is 0 Å². The molecular formula is C12H18N2O5S. The van der Waals surface area contributed by atoms with Crippen molar-refractivity contribution in [2.75, 3.05) is 39.2 Å². The highest BCUT2D eigenvalue weighted by molar-refractivity contribution is 7.89. The molecule has 0 amide bonds. The Morgan fingerprint density at radius 1 is 1.35 bits per heavy atom. The van der Waals surface area contributed by atoms with Gasteiger partial charge in [-0.25, -0.2) is 17.5 Å². The van der Waals surface area contributed by atoms with E-state index in [4.69, 9.17) is 9.84 Å². The first-order chi connectivity index (χ1) is 9.35. The van der Waals surface area contributed by atoms with Gasteiger partial charge in [-0.05, 0) is 12.1 Å². The molecule has 112 valence electrons. The van der Waals surface area contributed by atoms with Crippen molar-refractivity contribution in [2.45, 2.75) is 4.90 Å². The lowest BCUT2D eigenvalue weighted by atomic mass is 10.3. The quantitative estimate of drug-likeness (QED) is 0.677. The van der Waals surface area contributed by atoms with Crippen LogP contribution in [0.5, 0.6) is 0 Å². The first-order valence-corrected chi connectivity index (χ1v) is 7.34. The molecule has 1 rings (SSSR count). The molecule has 0 radical (unpaired) electrons. The molecule has 0 fully saturated rings. The standard InChI is InChI=1S/C12H18N2O5S/c1-14(2)20(17,18)11-6-4-3-5-10(11)13-7-8-19-9-12(15)16/h3-6,13H,7-9H2,1-2H3,(H,15,16). The molecule has 0 aliphatic heterocycles. The van der Waals surface area contributed by atoms with Crippen LogP contribution in [-0.2, 0) is 19.6 Å². The minimum atomic E-state index is -3.53. The number of ether oxygens (including phenoxy) is 1. The summed E-state index contributed by atoms with van der Waals surface area (Å²) in [5, 5.41) is 11.3. The van der Waals surface area contributed by atoms with Gasteiger partial charge in [-0.3, -0.25) is 0 Å². The summed E-state index contributed by atoms with van der Waals surface area (Å²) in [5.41, 5.74) is 0.458. The van der Waals surface area contributed by atoms with Crippen molar-refractivity contribution in [3.63, 3.8) is 0 Å². The molecule has 0 spiro atoms. The van der Waals surface area contributed by atoms with E-state index in [-0.39, 0.29) is 18.1 Å². The predicted octanol–water partition coefficient (Wildman–Crippen LogP) is 0.450. The van der Waals surface area contributed by atoms with Gasteiger partial charge in [0.05, 0.1) is 12.3 Å². The lowest BCUT2D eigenvalue weighted by Gasteiger charge is -2.16. The number of carboxylic acid groups (broad SMARTS) is 1. The number of nitrogens with one attached hydrogen (secondary N) is 1. The molecule has 1 aromatic rings. The molecule has 1 aromatic carbocycles. The molecule has 0 aromatic heterocycles. The molecule has 0 unspecified atom stereocenters. The van der Waals surface area contributed by atoms with E-state index in [0.717, 1.165) is 4.31 Å². The van der Waals surface area contributed by atoms with E-state index in [2.05, 4.69) is 5.32 Å². The van der Waals surface area contributed by atoms with Crippen molar-refractivity contribution >= 4 is 21.7 Å². The van der Waals surface area contributed by atoms with Gasteiger partial charge in [-0.15, -0.1) is 0 Å². The van der Waals surface area contributed by atoms with Crippen molar-refractivity contribution in [3.8, 4) is 0 Å². The Bertz CT molecular complexity index is 557. The van der Waals surface area contributed by atoms with Gasteiger partial charge in [0.2, 0.25) is 10.0 Å². The Labute approximate surface area is 118 Å². The second kappa shape index (κ2) is 7.22. The fourth-order valence-corrected chi connectivity index (χ4v) is 2.51. The number of rotatable bonds is 8. The molecule has 0 saturated heterocycles. The molecular weight excluding hydrogens is 284 g/mol. The van der Waals surface area contributed by atoms with Crippen LogP contribution in [0.3, 0.4) is 0 Å². The fourth-order valence-electron chi connectivity index (χ4n) is 1.45. The van der Waals surface area contributed by atoms with Crippen LogP contribution in [0.25, 0.3) is 0 Å². The fraction of sp³-hybridized carbons (Fsp3) is 0.417. The van der Waals surface area contributed by atoms with Crippen LogP contribution in [0.1, 0.15) is 0 Å². The van der Waals surface area contributed by atoms with E-state index in [1.54, 1.807) is 18.2 Å². The van der Waals surface area contributed by atoms with E-state index in [0.29, 0.717) is 12.2 Å². The summed E-state index contributed by atoms with van der Waals surface area (Å²) in [6, 6.07) is 6.51. The zero-order chi connectivity index (χ0) is 15.2. The maximum absolute atomic E-state index is 12.1. The van der Waals surface area contributed by atoms with Crippen molar-refractivity contribution in [3.05, 3.63) is 24.3 Å². The third-order valence-corrected chi connectivity index (χ3v) is 4.31. The molecule has 0 heterocycles. The van der Waals surface area contributed by atoms with Crippen LogP contribution in [0.4, 0.5) is 5.69 Å². The predicted molar refractivity (Wildman–Crippen MR) is 74.3 cm³/mol. The van der Waals surface area contributed by atoms with Gasteiger partial charge in [-0.2, -0.15) is 0 Å². The molecule has 0 aliphatic carbocycles. The Morgan fingerprint density at radius 2 is 2.00 bits per heavy atom. The van der Waals surface area contributed by atoms with Crippen LogP contribution >= 0.6 is 0 Å². The third kappa shape index (κ3) is 4.48. The van der Waals surface area contributed by atoms with Gasteiger partial charge in [0, 0.05) is 20.6 Å². The molecule has 8 heteroatoms. The third-order valence-electron chi connectivity index (χ3n) is 2.43. The van der Waals surface area contributed by atoms with Crippen molar-refractivity contribution < 1.29 is 23.1 Å². The molecule has 20 heavy (non-hydrogen) atoms. The Morgan fingerprint density at radius 3 is 2.60 bits per heavy atom. The first-order valence-electron chi connectivity index (χ1n) is 5.90. The lowest BCUT2D eigenvalue weighted by Crippen LogP contribution is -2.24. The minimum absolute atomic E-state index is 0.169. The number of carbonyl (C=O) groups is 1. The molecule has 0 aliphatic rings. The number of sulfonamides is 1. The van der Waals surface area contributed by atoms with Crippen molar-refractivity contribution in [1.82, 2.24) is 4.31 Å². The zero-order valence-corrected chi connectivity index (χ0v) is 12.2. The number of anilines is 1. The summed E-state index contributed by atoms with van der Waals surface area (Å²) >= 11 is 0. The number of carboxylic acids is 1.